The largest absolute Gasteiger partial charge is 0.356 e. The molecule has 0 N–H and O–H groups in total. The van der Waals surface area contributed by atoms with Crippen molar-refractivity contribution >= 4 is 11.6 Å². The topological polar surface area (TPSA) is 33.2 Å². The Hall–Kier alpha value is -1.38. The zero-order valence-electron chi connectivity index (χ0n) is 12.4. The normalized spacial score (nSPS) is 19.2. The average Bonchev–Trinajstić information content (AvgIpc) is 2.38. The predicted molar refractivity (Wildman–Crippen MR) is 78.7 cm³/mol. The maximum absolute atomic E-state index is 11.7. The van der Waals surface area contributed by atoms with Crippen molar-refractivity contribution in [2.45, 2.75) is 52.5 Å². The number of hydrogen-bond acceptors (Lipinski definition) is 3. The Bertz CT molecular complexity index is 458. The molecule has 0 saturated heterocycles. The Morgan fingerprint density at radius 2 is 2.00 bits per heavy atom. The minimum absolute atomic E-state index is 0.0890. The van der Waals surface area contributed by atoms with E-state index in [0.29, 0.717) is 11.5 Å². The molecule has 1 heterocycles. The van der Waals surface area contributed by atoms with Crippen molar-refractivity contribution < 1.29 is 4.79 Å². The summed E-state index contributed by atoms with van der Waals surface area (Å²) in [6.07, 6.45) is 6.61. The highest BCUT2D eigenvalue weighted by molar-refractivity contribution is 5.98. The van der Waals surface area contributed by atoms with E-state index in [4.69, 9.17) is 0 Å². The van der Waals surface area contributed by atoms with Crippen LogP contribution in [0.15, 0.2) is 18.3 Å². The van der Waals surface area contributed by atoms with Gasteiger partial charge < -0.3 is 4.90 Å². The summed E-state index contributed by atoms with van der Waals surface area (Å²) in [6.45, 7) is 6.29. The SMILES string of the molecule is CC(=O)c1cccnc1N(C)C1CCC(C)(C)CC1. The number of aromatic nitrogens is 1. The molecular weight excluding hydrogens is 236 g/mol. The molecule has 2 rings (SSSR count). The Morgan fingerprint density at radius 1 is 1.37 bits per heavy atom. The lowest BCUT2D eigenvalue weighted by atomic mass is 9.75. The van der Waals surface area contributed by atoms with Crippen LogP contribution >= 0.6 is 0 Å². The second-order valence-electron chi connectivity index (χ2n) is 6.44. The lowest BCUT2D eigenvalue weighted by molar-refractivity contribution is 0.101. The second kappa shape index (κ2) is 5.32. The fourth-order valence-electron chi connectivity index (χ4n) is 2.90. The van der Waals surface area contributed by atoms with Gasteiger partial charge in [-0.3, -0.25) is 4.79 Å². The van der Waals surface area contributed by atoms with Gasteiger partial charge in [0, 0.05) is 19.3 Å². The van der Waals surface area contributed by atoms with E-state index in [2.05, 4.69) is 30.8 Å². The standard InChI is InChI=1S/C16H24N2O/c1-12(19)14-6-5-11-17-15(14)18(4)13-7-9-16(2,3)10-8-13/h5-6,11,13H,7-10H2,1-4H3. The zero-order valence-corrected chi connectivity index (χ0v) is 12.4. The second-order valence-corrected chi connectivity index (χ2v) is 6.44. The molecule has 1 fully saturated rings. The number of anilines is 1. The molecular formula is C16H24N2O. The number of Topliss-reactive ketones (excluding diaryl/α,β-unsaturated/α-hetero) is 1. The molecule has 0 radical (unpaired) electrons. The van der Waals surface area contributed by atoms with Gasteiger partial charge in [-0.25, -0.2) is 4.98 Å². The maximum Gasteiger partial charge on any atom is 0.163 e. The first-order valence-electron chi connectivity index (χ1n) is 7.09. The van der Waals surface area contributed by atoms with Crippen LogP contribution in [-0.2, 0) is 0 Å². The average molecular weight is 260 g/mol. The molecule has 0 aromatic carbocycles. The lowest BCUT2D eigenvalue weighted by Gasteiger charge is -2.39. The highest BCUT2D eigenvalue weighted by atomic mass is 16.1. The van der Waals surface area contributed by atoms with Gasteiger partial charge in [0.15, 0.2) is 5.78 Å². The Morgan fingerprint density at radius 3 is 2.58 bits per heavy atom. The molecule has 1 aromatic heterocycles. The third kappa shape index (κ3) is 3.14. The lowest BCUT2D eigenvalue weighted by Crippen LogP contribution is -2.38. The molecule has 0 bridgehead atoms. The summed E-state index contributed by atoms with van der Waals surface area (Å²) in [5.74, 6) is 0.922. The van der Waals surface area contributed by atoms with Crippen molar-refractivity contribution in [3.8, 4) is 0 Å². The van der Waals surface area contributed by atoms with Gasteiger partial charge >= 0.3 is 0 Å². The van der Waals surface area contributed by atoms with Crippen LogP contribution in [0.2, 0.25) is 0 Å². The molecule has 0 spiro atoms. The molecule has 19 heavy (non-hydrogen) atoms. The van der Waals surface area contributed by atoms with E-state index < -0.39 is 0 Å². The van der Waals surface area contributed by atoms with Crippen molar-refractivity contribution in [2.24, 2.45) is 5.41 Å². The minimum atomic E-state index is 0.0890. The summed E-state index contributed by atoms with van der Waals surface area (Å²) < 4.78 is 0. The smallest absolute Gasteiger partial charge is 0.163 e. The van der Waals surface area contributed by atoms with E-state index >= 15 is 0 Å². The summed E-state index contributed by atoms with van der Waals surface area (Å²) in [5.41, 5.74) is 1.19. The molecule has 1 aromatic rings. The Labute approximate surface area is 116 Å². The Kier molecular flexibility index (Phi) is 3.93. The van der Waals surface area contributed by atoms with Crippen LogP contribution in [0.4, 0.5) is 5.82 Å². The Balaban J connectivity index is 2.17. The van der Waals surface area contributed by atoms with Crippen molar-refractivity contribution in [3.05, 3.63) is 23.9 Å². The zero-order chi connectivity index (χ0) is 14.0. The van der Waals surface area contributed by atoms with Crippen molar-refractivity contribution in [1.82, 2.24) is 4.98 Å². The van der Waals surface area contributed by atoms with Crippen LogP contribution in [0.25, 0.3) is 0 Å². The molecule has 0 unspecified atom stereocenters. The van der Waals surface area contributed by atoms with Crippen molar-refractivity contribution in [1.29, 1.82) is 0 Å². The fourth-order valence-corrected chi connectivity index (χ4v) is 2.90. The van der Waals surface area contributed by atoms with Crippen LogP contribution in [0, 0.1) is 5.41 Å². The quantitative estimate of drug-likeness (QED) is 0.777. The van der Waals surface area contributed by atoms with Gasteiger partial charge in [-0.15, -0.1) is 0 Å². The van der Waals surface area contributed by atoms with E-state index in [9.17, 15) is 4.79 Å². The van der Waals surface area contributed by atoms with E-state index in [1.165, 1.54) is 25.7 Å². The van der Waals surface area contributed by atoms with Crippen LogP contribution in [0.1, 0.15) is 56.8 Å². The van der Waals surface area contributed by atoms with Gasteiger partial charge in [-0.05, 0) is 50.2 Å². The summed E-state index contributed by atoms with van der Waals surface area (Å²) in [5, 5.41) is 0. The number of ketones is 1. The first-order chi connectivity index (χ1) is 8.91. The number of nitrogens with zero attached hydrogens (tertiary/aromatic N) is 2. The molecule has 1 aliphatic carbocycles. The maximum atomic E-state index is 11.7. The van der Waals surface area contributed by atoms with E-state index in [1.54, 1.807) is 13.1 Å². The molecule has 0 amide bonds. The van der Waals surface area contributed by atoms with Crippen LogP contribution < -0.4 is 4.90 Å². The summed E-state index contributed by atoms with van der Waals surface area (Å²) in [6, 6.07) is 4.20. The first-order valence-corrected chi connectivity index (χ1v) is 7.09. The highest BCUT2D eigenvalue weighted by Gasteiger charge is 2.30. The van der Waals surface area contributed by atoms with E-state index in [-0.39, 0.29) is 5.78 Å². The van der Waals surface area contributed by atoms with E-state index in [1.807, 2.05) is 12.1 Å². The van der Waals surface area contributed by atoms with Gasteiger partial charge in [0.05, 0.1) is 5.56 Å². The van der Waals surface area contributed by atoms with Crippen LogP contribution in [0.5, 0.6) is 0 Å². The van der Waals surface area contributed by atoms with Gasteiger partial charge in [0.2, 0.25) is 0 Å². The fraction of sp³-hybridized carbons (Fsp3) is 0.625. The summed E-state index contributed by atoms with van der Waals surface area (Å²) in [7, 11) is 2.07. The molecule has 3 heteroatoms. The summed E-state index contributed by atoms with van der Waals surface area (Å²) in [4.78, 5) is 18.3. The molecule has 0 atom stereocenters. The van der Waals surface area contributed by atoms with Gasteiger partial charge in [0.1, 0.15) is 5.82 Å². The molecule has 1 saturated carbocycles. The monoisotopic (exact) mass is 260 g/mol. The predicted octanol–water partition coefficient (Wildman–Crippen LogP) is 3.69. The number of carbonyl (C=O) groups is 1. The molecule has 3 nitrogen and oxygen atoms in total. The van der Waals surface area contributed by atoms with Gasteiger partial charge in [0.25, 0.3) is 0 Å². The molecule has 1 aliphatic rings. The van der Waals surface area contributed by atoms with Crippen LogP contribution in [0.3, 0.4) is 0 Å². The number of pyridine rings is 1. The first kappa shape index (κ1) is 14.0. The number of hydrogen-bond donors (Lipinski definition) is 0. The van der Waals surface area contributed by atoms with Gasteiger partial charge in [-0.1, -0.05) is 13.8 Å². The van der Waals surface area contributed by atoms with Crippen molar-refractivity contribution in [2.75, 3.05) is 11.9 Å². The third-order valence-corrected chi connectivity index (χ3v) is 4.36. The minimum Gasteiger partial charge on any atom is -0.356 e. The third-order valence-electron chi connectivity index (χ3n) is 4.36. The number of rotatable bonds is 3. The van der Waals surface area contributed by atoms with Crippen molar-refractivity contribution in [3.63, 3.8) is 0 Å². The number of carbonyl (C=O) groups excluding carboxylic acids is 1. The highest BCUT2D eigenvalue weighted by Crippen LogP contribution is 2.37. The summed E-state index contributed by atoms with van der Waals surface area (Å²) >= 11 is 0. The van der Waals surface area contributed by atoms with Gasteiger partial charge in [-0.2, -0.15) is 0 Å². The molecule has 0 aliphatic heterocycles. The molecule has 104 valence electrons. The van der Waals surface area contributed by atoms with Crippen LogP contribution in [-0.4, -0.2) is 23.9 Å². The van der Waals surface area contributed by atoms with E-state index in [0.717, 1.165) is 11.4 Å².